The molecular weight excluding hydrogens is 342 g/mol. The zero-order chi connectivity index (χ0) is 20.1. The average Bonchev–Trinajstić information content (AvgIpc) is 3.17. The maximum absolute atomic E-state index is 12.2. The first-order chi connectivity index (χ1) is 13.3. The van der Waals surface area contributed by atoms with Crippen LogP contribution in [0.5, 0.6) is 0 Å². The van der Waals surface area contributed by atoms with Crippen LogP contribution in [0.3, 0.4) is 0 Å². The van der Waals surface area contributed by atoms with E-state index in [2.05, 4.69) is 101 Å². The third-order valence-corrected chi connectivity index (χ3v) is 8.89. The Labute approximate surface area is 170 Å². The van der Waals surface area contributed by atoms with Crippen LogP contribution < -0.4 is 5.32 Å². The molecule has 1 saturated heterocycles. The van der Waals surface area contributed by atoms with Crippen molar-refractivity contribution in [2.75, 3.05) is 0 Å². The number of nitrogens with one attached hydrogen (secondary N) is 1. The number of benzene rings is 2. The Morgan fingerprint density at radius 3 is 1.75 bits per heavy atom. The van der Waals surface area contributed by atoms with Gasteiger partial charge in [0.2, 0.25) is 0 Å². The smallest absolute Gasteiger partial charge is 0.123 e. The molecule has 0 amide bonds. The lowest BCUT2D eigenvalue weighted by Crippen LogP contribution is -2.58. The summed E-state index contributed by atoms with van der Waals surface area (Å²) in [5.74, 6) is 2.39. The van der Waals surface area contributed by atoms with Crippen molar-refractivity contribution in [3.8, 4) is 0 Å². The van der Waals surface area contributed by atoms with Crippen LogP contribution in [0.4, 0.5) is 0 Å². The zero-order valence-electron chi connectivity index (χ0n) is 17.9. The molecule has 1 aliphatic heterocycles. The molecule has 0 aromatic heterocycles. The molecule has 150 valence electrons. The summed E-state index contributed by atoms with van der Waals surface area (Å²) in [6, 6.07) is 21.5. The Morgan fingerprint density at radius 1 is 0.786 bits per heavy atom. The predicted molar refractivity (Wildman–Crippen MR) is 116 cm³/mol. The fourth-order valence-corrected chi connectivity index (χ4v) is 6.39. The Morgan fingerprint density at radius 2 is 1.25 bits per heavy atom. The lowest BCUT2D eigenvalue weighted by molar-refractivity contribution is -0.132. The molecule has 28 heavy (non-hydrogen) atoms. The van der Waals surface area contributed by atoms with Gasteiger partial charge in [0, 0.05) is 17.4 Å². The maximum Gasteiger partial charge on any atom is 0.123 e. The Bertz CT molecular complexity index is 740. The normalized spacial score (nSPS) is 43.4. The monoisotopic (exact) mass is 377 g/mol. The van der Waals surface area contributed by atoms with E-state index in [1.165, 1.54) is 11.1 Å². The number of hydrogen-bond acceptors (Lipinski definition) is 2. The van der Waals surface area contributed by atoms with E-state index in [4.69, 9.17) is 0 Å². The summed E-state index contributed by atoms with van der Waals surface area (Å²) in [7, 11) is 0. The van der Waals surface area contributed by atoms with Crippen LogP contribution in [0.2, 0.25) is 0 Å². The van der Waals surface area contributed by atoms with E-state index >= 15 is 0 Å². The summed E-state index contributed by atoms with van der Waals surface area (Å²) in [4.78, 5) is 0. The van der Waals surface area contributed by atoms with Crippen molar-refractivity contribution in [2.24, 2.45) is 29.1 Å². The second-order valence-electron chi connectivity index (χ2n) is 9.69. The van der Waals surface area contributed by atoms with Crippen LogP contribution in [0, 0.1) is 29.1 Å². The highest BCUT2D eigenvalue weighted by atomic mass is 16.3. The molecule has 2 nitrogen and oxygen atoms in total. The lowest BCUT2D eigenvalue weighted by atomic mass is 9.64. The molecule has 0 radical (unpaired) electrons. The molecule has 1 saturated carbocycles. The molecule has 7 atom stereocenters. The maximum atomic E-state index is 12.2. The molecule has 1 aliphatic carbocycles. The van der Waals surface area contributed by atoms with Crippen molar-refractivity contribution in [2.45, 2.75) is 58.7 Å². The molecular formula is C26H35NO. The predicted octanol–water partition coefficient (Wildman–Crippen LogP) is 5.76. The quantitative estimate of drug-likeness (QED) is 0.713. The fraction of sp³-hybridized carbons (Fsp3) is 0.538. The highest BCUT2D eigenvalue weighted by molar-refractivity contribution is 5.32. The first kappa shape index (κ1) is 19.7. The summed E-state index contributed by atoms with van der Waals surface area (Å²) in [6.07, 6.45) is 0.751. The molecule has 1 heterocycles. The molecule has 2 aromatic rings. The highest BCUT2D eigenvalue weighted by Crippen LogP contribution is 2.62. The van der Waals surface area contributed by atoms with Gasteiger partial charge in [-0.05, 0) is 41.2 Å². The van der Waals surface area contributed by atoms with Gasteiger partial charge in [-0.15, -0.1) is 0 Å². The fourth-order valence-electron chi connectivity index (χ4n) is 6.39. The number of hydrogen-bond donors (Lipinski definition) is 2. The van der Waals surface area contributed by atoms with E-state index in [1.54, 1.807) is 0 Å². The molecule has 0 bridgehead atoms. The second kappa shape index (κ2) is 7.00. The molecule has 2 aromatic carbocycles. The third-order valence-electron chi connectivity index (χ3n) is 8.89. The van der Waals surface area contributed by atoms with Crippen molar-refractivity contribution >= 4 is 0 Å². The zero-order valence-corrected chi connectivity index (χ0v) is 17.9. The van der Waals surface area contributed by atoms with Gasteiger partial charge in [-0.2, -0.15) is 0 Å². The van der Waals surface area contributed by atoms with Gasteiger partial charge in [-0.25, -0.2) is 0 Å². The van der Waals surface area contributed by atoms with Crippen LogP contribution in [0.1, 0.15) is 64.1 Å². The van der Waals surface area contributed by atoms with Crippen molar-refractivity contribution < 1.29 is 5.11 Å². The average molecular weight is 378 g/mol. The SMILES string of the molecule is CC1C(C)C(C)C(C)(C2(O)C[C@@H](c3ccccc3)[C@H](c3ccccc3)N2)C1C. The lowest BCUT2D eigenvalue weighted by Gasteiger charge is -2.47. The summed E-state index contributed by atoms with van der Waals surface area (Å²) in [5.41, 5.74) is 1.52. The minimum absolute atomic E-state index is 0.121. The molecule has 0 spiro atoms. The molecule has 2 fully saturated rings. The summed E-state index contributed by atoms with van der Waals surface area (Å²) in [6.45, 7) is 11.7. The van der Waals surface area contributed by atoms with Crippen LogP contribution in [0.25, 0.3) is 0 Å². The van der Waals surface area contributed by atoms with E-state index in [0.29, 0.717) is 23.7 Å². The topological polar surface area (TPSA) is 32.3 Å². The van der Waals surface area contributed by atoms with Crippen molar-refractivity contribution in [3.05, 3.63) is 71.8 Å². The Balaban J connectivity index is 1.77. The van der Waals surface area contributed by atoms with E-state index in [-0.39, 0.29) is 17.4 Å². The molecule has 4 rings (SSSR count). The van der Waals surface area contributed by atoms with Gasteiger partial charge >= 0.3 is 0 Å². The third kappa shape index (κ3) is 2.76. The summed E-state index contributed by atoms with van der Waals surface area (Å²) in [5, 5.41) is 16.0. The van der Waals surface area contributed by atoms with E-state index in [0.717, 1.165) is 6.42 Å². The van der Waals surface area contributed by atoms with Gasteiger partial charge in [-0.1, -0.05) is 95.3 Å². The minimum atomic E-state index is -0.883. The largest absolute Gasteiger partial charge is 0.375 e. The molecule has 2 aliphatic rings. The van der Waals surface area contributed by atoms with Gasteiger partial charge in [-0.3, -0.25) is 5.32 Å². The number of aliphatic hydroxyl groups is 1. The van der Waals surface area contributed by atoms with Crippen molar-refractivity contribution in [1.29, 1.82) is 0 Å². The van der Waals surface area contributed by atoms with E-state index < -0.39 is 5.72 Å². The van der Waals surface area contributed by atoms with Crippen LogP contribution in [-0.4, -0.2) is 10.8 Å². The van der Waals surface area contributed by atoms with Crippen LogP contribution in [-0.2, 0) is 0 Å². The van der Waals surface area contributed by atoms with Crippen molar-refractivity contribution in [3.63, 3.8) is 0 Å². The summed E-state index contributed by atoms with van der Waals surface area (Å²) >= 11 is 0. The second-order valence-corrected chi connectivity index (χ2v) is 9.69. The van der Waals surface area contributed by atoms with Crippen LogP contribution in [0.15, 0.2) is 60.7 Å². The molecule has 5 unspecified atom stereocenters. The minimum Gasteiger partial charge on any atom is -0.375 e. The Hall–Kier alpha value is -1.64. The van der Waals surface area contributed by atoms with E-state index in [1.807, 2.05) is 0 Å². The standard InChI is InChI=1S/C26H35NO/c1-17-18(2)20(4)25(5,19(17)3)26(28)16-23(21-12-8-6-9-13-21)24(27-26)22-14-10-7-11-15-22/h6-15,17-20,23-24,27-28H,16H2,1-5H3/t17?,18?,19?,20?,23-,24-,25?,26?/m0/s1. The van der Waals surface area contributed by atoms with Gasteiger partial charge in [0.15, 0.2) is 0 Å². The highest BCUT2D eigenvalue weighted by Gasteiger charge is 2.64. The van der Waals surface area contributed by atoms with Gasteiger partial charge in [0.25, 0.3) is 0 Å². The van der Waals surface area contributed by atoms with Crippen LogP contribution >= 0.6 is 0 Å². The molecule has 2 heteroatoms. The molecule has 2 N–H and O–H groups in total. The first-order valence-corrected chi connectivity index (χ1v) is 10.9. The van der Waals surface area contributed by atoms with Gasteiger partial charge in [0.05, 0.1) is 0 Å². The van der Waals surface area contributed by atoms with Gasteiger partial charge in [0.1, 0.15) is 5.72 Å². The first-order valence-electron chi connectivity index (χ1n) is 10.9. The van der Waals surface area contributed by atoms with Gasteiger partial charge < -0.3 is 5.11 Å². The van der Waals surface area contributed by atoms with Crippen molar-refractivity contribution in [1.82, 2.24) is 5.32 Å². The van der Waals surface area contributed by atoms with E-state index in [9.17, 15) is 5.11 Å². The Kier molecular flexibility index (Phi) is 4.92. The number of rotatable bonds is 3. The summed E-state index contributed by atoms with van der Waals surface area (Å²) < 4.78 is 0.